The number of carboxylic acid groups (broad SMARTS) is 1. The SMILES string of the molecule is II(I)I.I[I-]I(I)I.N#Cc1cccc(C(Br)C(=O)Cl)c1.N#Cc1cccc(C(Br)C(=O)O)c1. The molecule has 0 heterocycles. The molecule has 2 aromatic carbocycles. The summed E-state index contributed by atoms with van der Waals surface area (Å²) in [7, 11) is -0.599. The summed E-state index contributed by atoms with van der Waals surface area (Å²) in [6, 6.07) is 17.2. The zero-order valence-electron chi connectivity index (χ0n) is 16.5. The molecule has 0 aromatic heterocycles. The van der Waals surface area contributed by atoms with Gasteiger partial charge < -0.3 is 5.11 Å². The monoisotopic (exact) mass is 1640 g/mol. The second-order valence-electron chi connectivity index (χ2n) is 5.22. The Kier molecular flexibility index (Phi) is 30.9. The van der Waals surface area contributed by atoms with Crippen LogP contribution >= 0.6 is 171 Å². The number of nitriles is 2. The first kappa shape index (κ1) is 41.5. The number of hydrogen-bond donors (Lipinski definition) is 1. The molecule has 0 fully saturated rings. The standard InChI is InChI=1S/C9H5BrClNO.C9H6BrNO2.I5.I4/c10-8(9(11)13)7-3-1-2-6(4-7)5-12;10-8(9(12)13)7-3-1-2-6(4-7)5-11;1-4-5(2)3;1-4(2)3/h1-4,8H;1-4,8H,(H,12,13);;/q;;-1;. The van der Waals surface area contributed by atoms with Crippen molar-refractivity contribution < 1.29 is 28.0 Å². The quantitative estimate of drug-likeness (QED) is 0.183. The number of carbonyl (C=O) groups is 2. The summed E-state index contributed by atoms with van der Waals surface area (Å²) in [5, 5.41) is 25.3. The molecule has 0 saturated heterocycles. The van der Waals surface area contributed by atoms with Crippen molar-refractivity contribution >= 4 is 182 Å². The van der Waals surface area contributed by atoms with Crippen LogP contribution in [0, 0.1) is 22.7 Å². The molecule has 2 unspecified atom stereocenters. The third-order valence-electron chi connectivity index (χ3n) is 3.07. The number of aliphatic carboxylic acids is 1. The van der Waals surface area contributed by atoms with Crippen LogP contribution in [0.5, 0.6) is 0 Å². The molecule has 2 atom stereocenters. The Morgan fingerprint density at radius 1 is 0.914 bits per heavy atom. The number of hydrogen-bond acceptors (Lipinski definition) is 4. The Balaban J connectivity index is 0. The molecule has 17 heteroatoms. The van der Waals surface area contributed by atoms with Crippen LogP contribution in [0.1, 0.15) is 31.9 Å². The summed E-state index contributed by atoms with van der Waals surface area (Å²) in [5.41, 5.74) is 2.24. The molecule has 5 nitrogen and oxygen atoms in total. The van der Waals surface area contributed by atoms with Crippen molar-refractivity contribution in [3.8, 4) is 12.1 Å². The maximum Gasteiger partial charge on any atom is 0.321 e. The zero-order valence-corrected chi connectivity index (χ0v) is 39.8. The van der Waals surface area contributed by atoms with Gasteiger partial charge in [0.2, 0.25) is 5.24 Å². The molecule has 35 heavy (non-hydrogen) atoms. The van der Waals surface area contributed by atoms with E-state index < -0.39 is 20.9 Å². The third-order valence-corrected chi connectivity index (χ3v) is 88.0. The first-order valence-electron chi connectivity index (χ1n) is 8.00. The molecular weight excluding hydrogens is 1630 g/mol. The molecule has 0 spiro atoms. The summed E-state index contributed by atoms with van der Waals surface area (Å²) in [5.74, 6) is -0.963. The smallest absolute Gasteiger partial charge is 0.321 e. The van der Waals surface area contributed by atoms with Gasteiger partial charge in [-0.15, -0.1) is 0 Å². The van der Waals surface area contributed by atoms with E-state index >= 15 is 0 Å². The molecule has 0 saturated carbocycles. The van der Waals surface area contributed by atoms with Crippen LogP contribution in [-0.2, 0) is 9.59 Å². The van der Waals surface area contributed by atoms with Crippen molar-refractivity contribution in [2.75, 3.05) is 0 Å². The number of alkyl halides is 2. The third kappa shape index (κ3) is 23.6. The van der Waals surface area contributed by atoms with E-state index in [0.29, 0.717) is 35.5 Å². The van der Waals surface area contributed by atoms with E-state index in [0.717, 1.165) is 0 Å². The van der Waals surface area contributed by atoms with E-state index in [2.05, 4.69) is 144 Å². The molecule has 1 N–H and O–H groups in total. The van der Waals surface area contributed by atoms with Gasteiger partial charge in [0, 0.05) is 0 Å². The molecule has 0 aliphatic rings. The number of benzene rings is 2. The molecule has 0 radical (unpaired) electrons. The van der Waals surface area contributed by atoms with Gasteiger partial charge in [-0.05, 0) is 47.0 Å². The van der Waals surface area contributed by atoms with E-state index in [1.165, 1.54) is 0 Å². The van der Waals surface area contributed by atoms with E-state index in [1.54, 1.807) is 48.5 Å². The van der Waals surface area contributed by atoms with Crippen LogP contribution in [-0.4, -0.2) is 16.3 Å². The van der Waals surface area contributed by atoms with Crippen molar-refractivity contribution in [1.29, 1.82) is 10.5 Å². The molecule has 0 aliphatic carbocycles. The molecule has 0 bridgehead atoms. The average Bonchev–Trinajstić information content (AvgIpc) is 2.83. The predicted molar refractivity (Wildman–Crippen MR) is 216 cm³/mol. The number of carboxylic acids is 1. The van der Waals surface area contributed by atoms with Crippen LogP contribution < -0.4 is 13.3 Å². The van der Waals surface area contributed by atoms with Gasteiger partial charge in [-0.25, -0.2) is 0 Å². The minimum atomic E-state index is -0.963. The largest absolute Gasteiger partial charge is 0.480 e. The maximum atomic E-state index is 10.8. The summed E-state index contributed by atoms with van der Waals surface area (Å²) in [6.07, 6.45) is 0. The fraction of sp³-hybridized carbons (Fsp3) is 0.111. The molecule has 196 valence electrons. The van der Waals surface area contributed by atoms with Gasteiger partial charge in [0.25, 0.3) is 0 Å². The number of nitrogens with zero attached hydrogens (tertiary/aromatic N) is 2. The molecule has 2 rings (SSSR count). The molecular formula is C18H11Br2ClI9N2O3-. The normalized spacial score (nSPS) is 11.7. The van der Waals surface area contributed by atoms with Gasteiger partial charge in [0.05, 0.1) is 23.3 Å². The van der Waals surface area contributed by atoms with Crippen molar-refractivity contribution in [2.45, 2.75) is 9.65 Å². The van der Waals surface area contributed by atoms with Gasteiger partial charge in [-0.2, -0.15) is 10.5 Å². The molecule has 0 amide bonds. The van der Waals surface area contributed by atoms with Crippen LogP contribution in [0.4, 0.5) is 0 Å². The van der Waals surface area contributed by atoms with Gasteiger partial charge >= 0.3 is 147 Å². The average molecular weight is 1640 g/mol. The predicted octanol–water partition coefficient (Wildman–Crippen LogP) is 8.93. The van der Waals surface area contributed by atoms with Crippen LogP contribution in [0.25, 0.3) is 0 Å². The number of carbonyl (C=O) groups excluding carboxylic acids is 1. The topological polar surface area (TPSA) is 102 Å². The Hall–Kier alpha value is 4.38. The van der Waals surface area contributed by atoms with Crippen molar-refractivity contribution in [2.24, 2.45) is 0 Å². The van der Waals surface area contributed by atoms with E-state index in [-0.39, 0.29) is 15.8 Å². The summed E-state index contributed by atoms with van der Waals surface area (Å²) < 4.78 is 0. The fourth-order valence-corrected chi connectivity index (χ4v) is 2.50. The van der Waals surface area contributed by atoms with Crippen molar-refractivity contribution in [3.05, 3.63) is 70.8 Å². The summed E-state index contributed by atoms with van der Waals surface area (Å²) in [4.78, 5) is 20.1. The number of rotatable bonds is 5. The second-order valence-corrected chi connectivity index (χ2v) is 121. The first-order valence-corrected chi connectivity index (χ1v) is 54.2. The van der Waals surface area contributed by atoms with Crippen molar-refractivity contribution in [1.82, 2.24) is 0 Å². The van der Waals surface area contributed by atoms with Gasteiger partial charge in [-0.1, -0.05) is 56.1 Å². The maximum absolute atomic E-state index is 10.8. The molecule has 2 aromatic rings. The van der Waals surface area contributed by atoms with Crippen LogP contribution in [0.2, 0.25) is 0 Å². The van der Waals surface area contributed by atoms with Gasteiger partial charge in [-0.3, -0.25) is 9.59 Å². The van der Waals surface area contributed by atoms with E-state index in [1.807, 2.05) is 12.1 Å². The second kappa shape index (κ2) is 26.0. The summed E-state index contributed by atoms with van der Waals surface area (Å²) >= 11 is 27.2. The van der Waals surface area contributed by atoms with E-state index in [9.17, 15) is 9.59 Å². The Morgan fingerprint density at radius 2 is 1.26 bits per heavy atom. The van der Waals surface area contributed by atoms with Gasteiger partial charge in [0.15, 0.2) is 0 Å². The number of halogens is 12. The van der Waals surface area contributed by atoms with Gasteiger partial charge in [0.1, 0.15) is 9.65 Å². The fourth-order valence-electron chi connectivity index (χ4n) is 1.81. The summed E-state index contributed by atoms with van der Waals surface area (Å²) in [6.45, 7) is 0. The minimum absolute atomic E-state index is 0.245. The van der Waals surface area contributed by atoms with Crippen molar-refractivity contribution in [3.63, 3.8) is 0 Å². The Bertz CT molecular complexity index is 947. The first-order chi connectivity index (χ1) is 16.3. The Morgan fingerprint density at radius 3 is 1.51 bits per heavy atom. The van der Waals surface area contributed by atoms with E-state index in [4.69, 9.17) is 27.2 Å². The van der Waals surface area contributed by atoms with Crippen LogP contribution in [0.3, 0.4) is 0 Å². The van der Waals surface area contributed by atoms with Crippen LogP contribution in [0.15, 0.2) is 48.5 Å². The zero-order chi connectivity index (χ0) is 27.6. The minimum Gasteiger partial charge on any atom is -0.480 e. The molecule has 0 aliphatic heterocycles. The Labute approximate surface area is 305 Å².